The number of para-hydroxylation sites is 1. The first-order chi connectivity index (χ1) is 13.0. The maximum absolute atomic E-state index is 13.2. The molecule has 3 aromatic rings. The minimum atomic E-state index is -0.628. The van der Waals surface area contributed by atoms with E-state index in [0.29, 0.717) is 11.0 Å². The van der Waals surface area contributed by atoms with Crippen LogP contribution in [0.25, 0.3) is 6.08 Å². The molecule has 1 aromatic carbocycles. The summed E-state index contributed by atoms with van der Waals surface area (Å²) < 4.78 is 10.6. The lowest BCUT2D eigenvalue weighted by Crippen LogP contribution is -2.49. The number of hydrogen-bond acceptors (Lipinski definition) is 5. The van der Waals surface area contributed by atoms with Crippen molar-refractivity contribution in [1.82, 2.24) is 14.3 Å². The number of thiazole rings is 1. The van der Waals surface area contributed by atoms with Crippen molar-refractivity contribution in [3.8, 4) is 5.75 Å². The molecule has 27 heavy (non-hydrogen) atoms. The fraction of sp³-hybridized carbons (Fsp3) is 0.350. The van der Waals surface area contributed by atoms with Crippen molar-refractivity contribution in [3.63, 3.8) is 0 Å². The molecule has 0 unspecified atom stereocenters. The van der Waals surface area contributed by atoms with Gasteiger partial charge in [0.1, 0.15) is 5.75 Å². The summed E-state index contributed by atoms with van der Waals surface area (Å²) in [7, 11) is 0. The van der Waals surface area contributed by atoms with Crippen LogP contribution in [-0.2, 0) is 6.54 Å². The summed E-state index contributed by atoms with van der Waals surface area (Å²) in [6.07, 6.45) is 4.41. The third-order valence-corrected chi connectivity index (χ3v) is 6.37. The summed E-state index contributed by atoms with van der Waals surface area (Å²) in [5.74, 6) is 0.814. The largest absolute Gasteiger partial charge is 0.466 e. The fourth-order valence-corrected chi connectivity index (χ4v) is 5.11. The van der Waals surface area contributed by atoms with E-state index in [0.717, 1.165) is 33.9 Å². The molecule has 2 aromatic heterocycles. The van der Waals surface area contributed by atoms with Crippen molar-refractivity contribution in [2.24, 2.45) is 4.99 Å². The third-order valence-electron chi connectivity index (χ3n) is 5.39. The lowest BCUT2D eigenvalue weighted by Gasteiger charge is -2.39. The normalized spacial score (nSPS) is 23.4. The Morgan fingerprint density at radius 1 is 1.41 bits per heavy atom. The highest BCUT2D eigenvalue weighted by Crippen LogP contribution is 2.42. The van der Waals surface area contributed by atoms with Crippen LogP contribution in [0.1, 0.15) is 43.1 Å². The molecule has 0 radical (unpaired) electrons. The van der Waals surface area contributed by atoms with Crippen LogP contribution in [-0.4, -0.2) is 20.1 Å². The number of aryl methyl sites for hydroxylation is 1. The molecule has 0 fully saturated rings. The minimum absolute atomic E-state index is 0.00570. The van der Waals surface area contributed by atoms with Gasteiger partial charge in [0.05, 0.1) is 16.8 Å². The van der Waals surface area contributed by atoms with Gasteiger partial charge in [-0.25, -0.2) is 4.99 Å². The maximum atomic E-state index is 13.2. The summed E-state index contributed by atoms with van der Waals surface area (Å²) in [6, 6.07) is 7.89. The van der Waals surface area contributed by atoms with Crippen LogP contribution in [0.4, 0.5) is 0 Å². The van der Waals surface area contributed by atoms with E-state index in [4.69, 9.17) is 9.73 Å². The van der Waals surface area contributed by atoms with Gasteiger partial charge in [0.15, 0.2) is 4.80 Å². The zero-order valence-corrected chi connectivity index (χ0v) is 16.3. The summed E-state index contributed by atoms with van der Waals surface area (Å²) >= 11 is 1.42. The van der Waals surface area contributed by atoms with E-state index in [1.54, 1.807) is 0 Å². The molecule has 0 aliphatic carbocycles. The molecule has 2 atom stereocenters. The van der Waals surface area contributed by atoms with Crippen LogP contribution in [0, 0.1) is 6.92 Å². The molecule has 7 heteroatoms. The second-order valence-electron chi connectivity index (χ2n) is 7.22. The van der Waals surface area contributed by atoms with E-state index in [1.807, 2.05) is 59.6 Å². The second kappa shape index (κ2) is 5.66. The van der Waals surface area contributed by atoms with E-state index >= 15 is 0 Å². The Kier molecular flexibility index (Phi) is 3.46. The molecular formula is C20H20N4O2S. The van der Waals surface area contributed by atoms with Gasteiger partial charge in [0.25, 0.3) is 5.56 Å². The molecule has 2 aliphatic heterocycles. The maximum Gasteiger partial charge on any atom is 0.270 e. The summed E-state index contributed by atoms with van der Waals surface area (Å²) in [4.78, 5) is 18.7. The Morgan fingerprint density at radius 3 is 3.00 bits per heavy atom. The molecule has 138 valence electrons. The zero-order valence-electron chi connectivity index (χ0n) is 15.5. The average Bonchev–Trinajstić information content (AvgIpc) is 3.14. The molecule has 0 N–H and O–H groups in total. The van der Waals surface area contributed by atoms with Crippen molar-refractivity contribution in [2.75, 3.05) is 0 Å². The predicted molar refractivity (Wildman–Crippen MR) is 104 cm³/mol. The summed E-state index contributed by atoms with van der Waals surface area (Å²) in [6.45, 7) is 6.88. The highest BCUT2D eigenvalue weighted by atomic mass is 32.1. The predicted octanol–water partition coefficient (Wildman–Crippen LogP) is 1.98. The van der Waals surface area contributed by atoms with Gasteiger partial charge in [-0.05, 0) is 32.9 Å². The van der Waals surface area contributed by atoms with Gasteiger partial charge in [-0.15, -0.1) is 0 Å². The Morgan fingerprint density at radius 2 is 2.22 bits per heavy atom. The molecule has 0 saturated carbocycles. The van der Waals surface area contributed by atoms with Gasteiger partial charge >= 0.3 is 0 Å². The average molecular weight is 380 g/mol. The summed E-state index contributed by atoms with van der Waals surface area (Å²) in [5, 5.41) is 4.37. The molecule has 4 heterocycles. The van der Waals surface area contributed by atoms with Crippen LogP contribution in [0.5, 0.6) is 5.75 Å². The molecule has 0 amide bonds. The molecule has 2 aliphatic rings. The second-order valence-corrected chi connectivity index (χ2v) is 8.23. The SMILES string of the molecule is CCn1ncc(/C=c2\sc3n(c2=O)[C@@H]2C[C@@](C)(N=3)Oc3ccccc32)c1C. The van der Waals surface area contributed by atoms with E-state index in [2.05, 4.69) is 12.0 Å². The van der Waals surface area contributed by atoms with Crippen molar-refractivity contribution >= 4 is 17.4 Å². The smallest absolute Gasteiger partial charge is 0.270 e. The Balaban J connectivity index is 1.74. The topological polar surface area (TPSA) is 61.4 Å². The van der Waals surface area contributed by atoms with Gasteiger partial charge < -0.3 is 4.74 Å². The van der Waals surface area contributed by atoms with Crippen molar-refractivity contribution in [1.29, 1.82) is 0 Å². The number of benzene rings is 1. The number of ether oxygens (including phenoxy) is 1. The Labute approximate surface area is 160 Å². The highest BCUT2D eigenvalue weighted by Gasteiger charge is 2.42. The van der Waals surface area contributed by atoms with Gasteiger partial charge in [0.2, 0.25) is 5.72 Å². The number of rotatable bonds is 2. The Bertz CT molecular complexity index is 1240. The lowest BCUT2D eigenvalue weighted by molar-refractivity contribution is 0.0410. The molecule has 2 bridgehead atoms. The van der Waals surface area contributed by atoms with Crippen LogP contribution >= 0.6 is 11.3 Å². The number of aromatic nitrogens is 3. The fourth-order valence-electron chi connectivity index (χ4n) is 4.00. The third kappa shape index (κ3) is 2.41. The quantitative estimate of drug-likeness (QED) is 0.683. The number of nitrogens with zero attached hydrogens (tertiary/aromatic N) is 4. The molecule has 0 spiro atoms. The lowest BCUT2D eigenvalue weighted by atomic mass is 9.93. The number of fused-ring (bicyclic) bond motifs is 6. The standard InChI is InChI=1S/C20H20N4O2S/c1-4-23-12(2)13(11-21-23)9-17-18(25)24-15-10-20(3,22-19(24)27-17)26-16-8-6-5-7-14(15)16/h5-9,11,15H,4,10H2,1-3H3/b17-9-/t15-,20+/m1/s1. The minimum Gasteiger partial charge on any atom is -0.466 e. The van der Waals surface area contributed by atoms with Crippen molar-refractivity contribution in [2.45, 2.75) is 45.5 Å². The van der Waals surface area contributed by atoms with Gasteiger partial charge in [-0.1, -0.05) is 29.5 Å². The highest BCUT2D eigenvalue weighted by molar-refractivity contribution is 7.07. The van der Waals surface area contributed by atoms with Gasteiger partial charge in [-0.2, -0.15) is 5.10 Å². The van der Waals surface area contributed by atoms with Crippen molar-refractivity contribution in [3.05, 3.63) is 67.0 Å². The monoisotopic (exact) mass is 380 g/mol. The van der Waals surface area contributed by atoms with Crippen LogP contribution in [0.15, 0.2) is 40.2 Å². The zero-order chi connectivity index (χ0) is 18.8. The van der Waals surface area contributed by atoms with Gasteiger partial charge in [0, 0.05) is 29.8 Å². The molecular weight excluding hydrogens is 360 g/mol. The first kappa shape index (κ1) is 16.5. The van der Waals surface area contributed by atoms with E-state index in [1.165, 1.54) is 11.3 Å². The van der Waals surface area contributed by atoms with E-state index < -0.39 is 5.72 Å². The Hall–Kier alpha value is -2.67. The van der Waals surface area contributed by atoms with Crippen LogP contribution in [0.2, 0.25) is 0 Å². The first-order valence-corrected chi connectivity index (χ1v) is 9.94. The van der Waals surface area contributed by atoms with E-state index in [9.17, 15) is 4.79 Å². The van der Waals surface area contributed by atoms with Crippen molar-refractivity contribution < 1.29 is 4.74 Å². The van der Waals surface area contributed by atoms with Crippen LogP contribution in [0.3, 0.4) is 0 Å². The van der Waals surface area contributed by atoms with Gasteiger partial charge in [-0.3, -0.25) is 14.0 Å². The van der Waals surface area contributed by atoms with E-state index in [-0.39, 0.29) is 11.6 Å². The molecule has 5 rings (SSSR count). The molecule has 6 nitrogen and oxygen atoms in total. The summed E-state index contributed by atoms with van der Waals surface area (Å²) in [5.41, 5.74) is 2.46. The van der Waals surface area contributed by atoms with Crippen LogP contribution < -0.4 is 19.6 Å². The number of hydrogen-bond donors (Lipinski definition) is 0. The molecule has 0 saturated heterocycles. The first-order valence-electron chi connectivity index (χ1n) is 9.12.